The summed E-state index contributed by atoms with van der Waals surface area (Å²) in [6.45, 7) is 4.03. The number of hydrogen-bond acceptors (Lipinski definition) is 3. The standard InChI is InChI=1S/C14H22N2OS/c1-5-12(9-18-4)16(3)14(17)11-6-7-13(15)10(2)8-11/h6-8,12H,5,9,15H2,1-4H3. The SMILES string of the molecule is CCC(CSC)N(C)C(=O)c1ccc(N)c(C)c1. The van der Waals surface area contributed by atoms with Crippen LogP contribution in [0.3, 0.4) is 0 Å². The molecule has 0 saturated heterocycles. The third kappa shape index (κ3) is 3.42. The summed E-state index contributed by atoms with van der Waals surface area (Å²) in [7, 11) is 1.87. The number of rotatable bonds is 5. The molecule has 0 bridgehead atoms. The van der Waals surface area contributed by atoms with Gasteiger partial charge in [-0.3, -0.25) is 4.79 Å². The van der Waals surface area contributed by atoms with E-state index in [1.54, 1.807) is 23.9 Å². The first-order chi connectivity index (χ1) is 8.51. The Balaban J connectivity index is 2.88. The number of nitrogen functional groups attached to an aromatic ring is 1. The van der Waals surface area contributed by atoms with Crippen LogP contribution >= 0.6 is 11.8 Å². The number of anilines is 1. The molecule has 1 amide bonds. The molecular weight excluding hydrogens is 244 g/mol. The summed E-state index contributed by atoms with van der Waals surface area (Å²) in [6.07, 6.45) is 3.03. The number of nitrogens with zero attached hydrogens (tertiary/aromatic N) is 1. The van der Waals surface area contributed by atoms with E-state index >= 15 is 0 Å². The van der Waals surface area contributed by atoms with Crippen molar-refractivity contribution in [2.45, 2.75) is 26.3 Å². The summed E-state index contributed by atoms with van der Waals surface area (Å²) in [4.78, 5) is 14.2. The van der Waals surface area contributed by atoms with E-state index in [4.69, 9.17) is 5.73 Å². The summed E-state index contributed by atoms with van der Waals surface area (Å²) >= 11 is 1.77. The second kappa shape index (κ2) is 6.69. The van der Waals surface area contributed by atoms with Gasteiger partial charge in [-0.1, -0.05) is 6.92 Å². The van der Waals surface area contributed by atoms with Gasteiger partial charge in [0.1, 0.15) is 0 Å². The van der Waals surface area contributed by atoms with E-state index in [-0.39, 0.29) is 11.9 Å². The fourth-order valence-corrected chi connectivity index (χ4v) is 2.72. The van der Waals surface area contributed by atoms with Crippen LogP contribution in [0.5, 0.6) is 0 Å². The van der Waals surface area contributed by atoms with Crippen LogP contribution in [0.2, 0.25) is 0 Å². The second-order valence-electron chi connectivity index (χ2n) is 4.50. The number of carbonyl (C=O) groups is 1. The Hall–Kier alpha value is -1.16. The van der Waals surface area contributed by atoms with Crippen LogP contribution in [0.1, 0.15) is 29.3 Å². The normalized spacial score (nSPS) is 12.2. The van der Waals surface area contributed by atoms with Crippen LogP contribution < -0.4 is 5.73 Å². The van der Waals surface area contributed by atoms with Crippen LogP contribution in [-0.4, -0.2) is 35.9 Å². The Morgan fingerprint density at radius 1 is 1.50 bits per heavy atom. The number of benzene rings is 1. The highest BCUT2D eigenvalue weighted by Gasteiger charge is 2.19. The van der Waals surface area contributed by atoms with Gasteiger partial charge in [0.2, 0.25) is 0 Å². The first-order valence-electron chi connectivity index (χ1n) is 6.13. The molecule has 2 N–H and O–H groups in total. The summed E-state index contributed by atoms with van der Waals surface area (Å²) in [6, 6.07) is 5.74. The average molecular weight is 266 g/mol. The van der Waals surface area contributed by atoms with Crippen molar-refractivity contribution in [3.05, 3.63) is 29.3 Å². The highest BCUT2D eigenvalue weighted by molar-refractivity contribution is 7.98. The highest BCUT2D eigenvalue weighted by Crippen LogP contribution is 2.16. The van der Waals surface area contributed by atoms with Crippen molar-refractivity contribution < 1.29 is 4.79 Å². The van der Waals surface area contributed by atoms with Gasteiger partial charge >= 0.3 is 0 Å². The minimum atomic E-state index is 0.0685. The van der Waals surface area contributed by atoms with Gasteiger partial charge in [0, 0.05) is 30.1 Å². The molecule has 0 radical (unpaired) electrons. The van der Waals surface area contributed by atoms with Gasteiger partial charge in [0.15, 0.2) is 0 Å². The topological polar surface area (TPSA) is 46.3 Å². The lowest BCUT2D eigenvalue weighted by atomic mass is 10.1. The van der Waals surface area contributed by atoms with Crippen LogP contribution in [-0.2, 0) is 0 Å². The third-order valence-electron chi connectivity index (χ3n) is 3.22. The first-order valence-corrected chi connectivity index (χ1v) is 7.52. The van der Waals surface area contributed by atoms with Gasteiger partial charge in [0.05, 0.1) is 0 Å². The number of hydrogen-bond donors (Lipinski definition) is 1. The van der Waals surface area contributed by atoms with Crippen LogP contribution in [0.15, 0.2) is 18.2 Å². The molecule has 1 unspecified atom stereocenters. The van der Waals surface area contributed by atoms with Gasteiger partial charge in [-0.2, -0.15) is 11.8 Å². The molecule has 100 valence electrons. The molecule has 1 aromatic carbocycles. The molecule has 0 aromatic heterocycles. The predicted molar refractivity (Wildman–Crippen MR) is 80.1 cm³/mol. The van der Waals surface area contributed by atoms with E-state index in [1.165, 1.54) is 0 Å². The fraction of sp³-hybridized carbons (Fsp3) is 0.500. The summed E-state index contributed by atoms with van der Waals surface area (Å²) < 4.78 is 0. The predicted octanol–water partition coefficient (Wildman–Crippen LogP) is 2.79. The zero-order valence-electron chi connectivity index (χ0n) is 11.6. The molecule has 3 nitrogen and oxygen atoms in total. The van der Waals surface area contributed by atoms with E-state index in [9.17, 15) is 4.79 Å². The van der Waals surface area contributed by atoms with Crippen LogP contribution in [0, 0.1) is 6.92 Å². The number of amides is 1. The molecular formula is C14H22N2OS. The maximum atomic E-state index is 12.4. The fourth-order valence-electron chi connectivity index (χ4n) is 1.87. The average Bonchev–Trinajstić information content (AvgIpc) is 2.37. The Morgan fingerprint density at radius 2 is 2.17 bits per heavy atom. The molecule has 0 spiro atoms. The van der Waals surface area contributed by atoms with Gasteiger partial charge < -0.3 is 10.6 Å². The zero-order chi connectivity index (χ0) is 13.7. The minimum absolute atomic E-state index is 0.0685. The Kier molecular flexibility index (Phi) is 5.54. The summed E-state index contributed by atoms with van der Waals surface area (Å²) in [5.41, 5.74) is 8.16. The zero-order valence-corrected chi connectivity index (χ0v) is 12.4. The van der Waals surface area contributed by atoms with E-state index in [2.05, 4.69) is 13.2 Å². The van der Waals surface area contributed by atoms with Crippen LogP contribution in [0.25, 0.3) is 0 Å². The second-order valence-corrected chi connectivity index (χ2v) is 5.42. The lowest BCUT2D eigenvalue weighted by Crippen LogP contribution is -2.38. The van der Waals surface area contributed by atoms with Crippen molar-refractivity contribution >= 4 is 23.4 Å². The van der Waals surface area contributed by atoms with Gasteiger partial charge in [-0.05, 0) is 43.4 Å². The number of aryl methyl sites for hydroxylation is 1. The highest BCUT2D eigenvalue weighted by atomic mass is 32.2. The van der Waals surface area contributed by atoms with Gasteiger partial charge in [-0.25, -0.2) is 0 Å². The maximum absolute atomic E-state index is 12.4. The summed E-state index contributed by atoms with van der Waals surface area (Å²) in [5, 5.41) is 0. The van der Waals surface area contributed by atoms with E-state index in [0.717, 1.165) is 23.4 Å². The quantitative estimate of drug-likeness (QED) is 0.834. The Morgan fingerprint density at radius 3 is 2.67 bits per heavy atom. The Bertz CT molecular complexity index is 420. The summed E-state index contributed by atoms with van der Waals surface area (Å²) in [5.74, 6) is 1.03. The minimum Gasteiger partial charge on any atom is -0.399 e. The molecule has 1 rings (SSSR count). The van der Waals surface area contributed by atoms with Crippen molar-refractivity contribution in [3.8, 4) is 0 Å². The first kappa shape index (κ1) is 14.9. The molecule has 1 atom stereocenters. The van der Waals surface area contributed by atoms with Crippen molar-refractivity contribution in [1.29, 1.82) is 0 Å². The third-order valence-corrected chi connectivity index (χ3v) is 3.93. The largest absolute Gasteiger partial charge is 0.399 e. The number of carbonyl (C=O) groups excluding carboxylic acids is 1. The van der Waals surface area contributed by atoms with Crippen molar-refractivity contribution in [3.63, 3.8) is 0 Å². The van der Waals surface area contributed by atoms with Crippen molar-refractivity contribution in [2.24, 2.45) is 0 Å². The molecule has 0 aliphatic heterocycles. The van der Waals surface area contributed by atoms with Gasteiger partial charge in [-0.15, -0.1) is 0 Å². The Labute approximate surface area is 114 Å². The smallest absolute Gasteiger partial charge is 0.253 e. The molecule has 4 heteroatoms. The lowest BCUT2D eigenvalue weighted by Gasteiger charge is -2.27. The molecule has 0 aliphatic rings. The van der Waals surface area contributed by atoms with E-state index in [1.807, 2.05) is 24.9 Å². The lowest BCUT2D eigenvalue weighted by molar-refractivity contribution is 0.0743. The van der Waals surface area contributed by atoms with Crippen molar-refractivity contribution in [2.75, 3.05) is 24.8 Å². The molecule has 0 fully saturated rings. The number of thioether (sulfide) groups is 1. The maximum Gasteiger partial charge on any atom is 0.253 e. The molecule has 1 aromatic rings. The molecule has 18 heavy (non-hydrogen) atoms. The van der Waals surface area contributed by atoms with E-state index < -0.39 is 0 Å². The molecule has 0 heterocycles. The number of nitrogens with two attached hydrogens (primary N) is 1. The monoisotopic (exact) mass is 266 g/mol. The van der Waals surface area contributed by atoms with Crippen LogP contribution in [0.4, 0.5) is 5.69 Å². The molecule has 0 saturated carbocycles. The van der Waals surface area contributed by atoms with E-state index in [0.29, 0.717) is 5.56 Å². The molecule has 0 aliphatic carbocycles. The van der Waals surface area contributed by atoms with Crippen molar-refractivity contribution in [1.82, 2.24) is 4.90 Å². The van der Waals surface area contributed by atoms with Gasteiger partial charge in [0.25, 0.3) is 5.91 Å².